The van der Waals surface area contributed by atoms with Crippen LogP contribution in [0.5, 0.6) is 0 Å². The third-order valence-electron chi connectivity index (χ3n) is 4.05. The van der Waals surface area contributed by atoms with E-state index in [2.05, 4.69) is 10.4 Å². The minimum Gasteiger partial charge on any atom is -0.354 e. The first-order valence-corrected chi connectivity index (χ1v) is 9.23. The summed E-state index contributed by atoms with van der Waals surface area (Å²) in [5, 5.41) is 7.76. The van der Waals surface area contributed by atoms with Crippen LogP contribution in [0.2, 0.25) is 10.0 Å². The molecule has 0 fully saturated rings. The number of rotatable bonds is 6. The van der Waals surface area contributed by atoms with E-state index in [-0.39, 0.29) is 35.7 Å². The molecule has 8 heteroatoms. The molecule has 0 radical (unpaired) electrons. The lowest BCUT2D eigenvalue weighted by atomic mass is 10.1. The maximum absolute atomic E-state index is 13.8. The largest absolute Gasteiger partial charge is 0.354 e. The number of halogens is 3. The lowest BCUT2D eigenvalue weighted by Crippen LogP contribution is -2.32. The predicted molar refractivity (Wildman–Crippen MR) is 107 cm³/mol. The van der Waals surface area contributed by atoms with Crippen LogP contribution in [-0.2, 0) is 17.8 Å². The van der Waals surface area contributed by atoms with Crippen molar-refractivity contribution in [3.63, 3.8) is 0 Å². The second kappa shape index (κ2) is 8.99. The van der Waals surface area contributed by atoms with Crippen LogP contribution >= 0.6 is 23.2 Å². The highest BCUT2D eigenvalue weighted by Crippen LogP contribution is 2.19. The third-order valence-corrected chi connectivity index (χ3v) is 4.66. The average molecular weight is 420 g/mol. The average Bonchev–Trinajstić information content (AvgIpc) is 2.67. The molecular formula is C20H16Cl2FN3O2. The van der Waals surface area contributed by atoms with E-state index in [4.69, 9.17) is 23.2 Å². The summed E-state index contributed by atoms with van der Waals surface area (Å²) in [6.07, 6.45) is -0.182. The molecule has 1 heterocycles. The van der Waals surface area contributed by atoms with E-state index in [0.29, 0.717) is 10.7 Å². The topological polar surface area (TPSA) is 64.0 Å². The Labute approximate surface area is 170 Å². The first kappa shape index (κ1) is 20.0. The molecule has 1 aromatic heterocycles. The van der Waals surface area contributed by atoms with Crippen LogP contribution in [-0.4, -0.2) is 22.2 Å². The zero-order valence-electron chi connectivity index (χ0n) is 14.7. The molecule has 0 aliphatic rings. The molecule has 5 nitrogen and oxygen atoms in total. The van der Waals surface area contributed by atoms with Gasteiger partial charge in [0, 0.05) is 33.8 Å². The Bertz CT molecular complexity index is 1030. The van der Waals surface area contributed by atoms with E-state index in [1.54, 1.807) is 30.3 Å². The van der Waals surface area contributed by atoms with Crippen molar-refractivity contribution in [1.29, 1.82) is 0 Å². The molecule has 0 aliphatic heterocycles. The number of hydrogen-bond donors (Lipinski definition) is 1. The molecule has 3 aromatic rings. The van der Waals surface area contributed by atoms with Gasteiger partial charge in [-0.15, -0.1) is 0 Å². The van der Waals surface area contributed by atoms with E-state index >= 15 is 0 Å². The number of benzene rings is 2. The Kier molecular flexibility index (Phi) is 6.44. The van der Waals surface area contributed by atoms with E-state index < -0.39 is 11.7 Å². The summed E-state index contributed by atoms with van der Waals surface area (Å²) in [6, 6.07) is 14.4. The van der Waals surface area contributed by atoms with Gasteiger partial charge in [-0.2, -0.15) is 5.10 Å². The highest BCUT2D eigenvalue weighted by molar-refractivity contribution is 6.31. The zero-order chi connectivity index (χ0) is 20.1. The number of amides is 1. The molecule has 1 N–H and O–H groups in total. The van der Waals surface area contributed by atoms with Crippen molar-refractivity contribution >= 4 is 29.1 Å². The molecule has 2 aromatic carbocycles. The molecule has 144 valence electrons. The van der Waals surface area contributed by atoms with Gasteiger partial charge in [0.25, 0.3) is 5.56 Å². The van der Waals surface area contributed by atoms with Gasteiger partial charge in [-0.05, 0) is 30.3 Å². The van der Waals surface area contributed by atoms with Gasteiger partial charge < -0.3 is 5.32 Å². The maximum Gasteiger partial charge on any atom is 0.266 e. The number of nitrogens with zero attached hydrogens (tertiary/aromatic N) is 2. The molecule has 0 saturated carbocycles. The Morgan fingerprint density at radius 2 is 1.82 bits per heavy atom. The lowest BCUT2D eigenvalue weighted by molar-refractivity contribution is -0.120. The summed E-state index contributed by atoms with van der Waals surface area (Å²) in [5.41, 5.74) is 1.28. The number of hydrogen-bond acceptors (Lipinski definition) is 3. The molecule has 0 spiro atoms. The fraction of sp³-hybridized carbons (Fsp3) is 0.150. The Morgan fingerprint density at radius 3 is 2.54 bits per heavy atom. The molecule has 28 heavy (non-hydrogen) atoms. The van der Waals surface area contributed by atoms with E-state index in [1.165, 1.54) is 28.9 Å². The summed E-state index contributed by atoms with van der Waals surface area (Å²) in [6.45, 7) is 0.346. The van der Waals surface area contributed by atoms with E-state index in [9.17, 15) is 14.0 Å². The van der Waals surface area contributed by atoms with Crippen molar-refractivity contribution in [2.75, 3.05) is 6.54 Å². The fourth-order valence-electron chi connectivity index (χ4n) is 2.61. The second-order valence-corrected chi connectivity index (χ2v) is 6.86. The number of carbonyl (C=O) groups is 1. The zero-order valence-corrected chi connectivity index (χ0v) is 16.2. The smallest absolute Gasteiger partial charge is 0.266 e. The maximum atomic E-state index is 13.8. The van der Waals surface area contributed by atoms with Crippen molar-refractivity contribution in [1.82, 2.24) is 15.1 Å². The predicted octanol–water partition coefficient (Wildman–Crippen LogP) is 3.72. The summed E-state index contributed by atoms with van der Waals surface area (Å²) in [7, 11) is 0. The van der Waals surface area contributed by atoms with Gasteiger partial charge >= 0.3 is 0 Å². The van der Waals surface area contributed by atoms with E-state index in [0.717, 1.165) is 5.56 Å². The van der Waals surface area contributed by atoms with Crippen LogP contribution in [0.25, 0.3) is 11.3 Å². The SMILES string of the molecule is O=C(Cc1c(F)cccc1Cl)NCCn1nc(-c2ccc(Cl)cc2)ccc1=O. The molecule has 1 amide bonds. The standard InChI is InChI=1S/C20H16Cl2FN3O2/c21-14-6-4-13(5-7-14)18-8-9-20(28)26(25-18)11-10-24-19(27)12-15-16(22)2-1-3-17(15)23/h1-9H,10-12H2,(H,24,27). The molecule has 3 rings (SSSR count). The highest BCUT2D eigenvalue weighted by Gasteiger charge is 2.12. The molecule has 0 saturated heterocycles. The number of nitrogens with one attached hydrogen (secondary N) is 1. The van der Waals surface area contributed by atoms with Crippen molar-refractivity contribution in [3.8, 4) is 11.3 Å². The Hall–Kier alpha value is -2.70. The van der Waals surface area contributed by atoms with Crippen LogP contribution in [0.4, 0.5) is 4.39 Å². The monoisotopic (exact) mass is 419 g/mol. The van der Waals surface area contributed by atoms with Gasteiger partial charge in [0.15, 0.2) is 0 Å². The highest BCUT2D eigenvalue weighted by atomic mass is 35.5. The van der Waals surface area contributed by atoms with Gasteiger partial charge in [0.1, 0.15) is 5.82 Å². The Morgan fingerprint density at radius 1 is 1.07 bits per heavy atom. The Balaban J connectivity index is 1.63. The minimum atomic E-state index is -0.531. The normalized spacial score (nSPS) is 10.7. The van der Waals surface area contributed by atoms with Crippen molar-refractivity contribution in [2.45, 2.75) is 13.0 Å². The van der Waals surface area contributed by atoms with Crippen LogP contribution in [0.3, 0.4) is 0 Å². The van der Waals surface area contributed by atoms with Gasteiger partial charge in [-0.3, -0.25) is 9.59 Å². The molecule has 0 bridgehead atoms. The van der Waals surface area contributed by atoms with Crippen LogP contribution in [0.1, 0.15) is 5.56 Å². The van der Waals surface area contributed by atoms with Crippen molar-refractivity contribution in [2.24, 2.45) is 0 Å². The van der Waals surface area contributed by atoms with Crippen LogP contribution in [0.15, 0.2) is 59.4 Å². The summed E-state index contributed by atoms with van der Waals surface area (Å²) in [4.78, 5) is 24.1. The second-order valence-electron chi connectivity index (χ2n) is 6.01. The lowest BCUT2D eigenvalue weighted by Gasteiger charge is -2.09. The number of aromatic nitrogens is 2. The molecular weight excluding hydrogens is 404 g/mol. The van der Waals surface area contributed by atoms with Crippen LogP contribution < -0.4 is 10.9 Å². The van der Waals surface area contributed by atoms with Crippen LogP contribution in [0, 0.1) is 5.82 Å². The first-order valence-electron chi connectivity index (χ1n) is 8.48. The first-order chi connectivity index (χ1) is 13.4. The summed E-state index contributed by atoms with van der Waals surface area (Å²) >= 11 is 11.8. The minimum absolute atomic E-state index is 0.140. The fourth-order valence-corrected chi connectivity index (χ4v) is 2.97. The van der Waals surface area contributed by atoms with Crippen molar-refractivity contribution in [3.05, 3.63) is 86.4 Å². The molecule has 0 atom stereocenters. The molecule has 0 unspecified atom stereocenters. The van der Waals surface area contributed by atoms with Gasteiger partial charge in [-0.1, -0.05) is 41.4 Å². The van der Waals surface area contributed by atoms with Crippen molar-refractivity contribution < 1.29 is 9.18 Å². The van der Waals surface area contributed by atoms with Gasteiger partial charge in [-0.25, -0.2) is 9.07 Å². The molecule has 0 aliphatic carbocycles. The van der Waals surface area contributed by atoms with Gasteiger partial charge in [0.05, 0.1) is 18.7 Å². The summed E-state index contributed by atoms with van der Waals surface area (Å²) in [5.74, 6) is -0.926. The van der Waals surface area contributed by atoms with E-state index in [1.807, 2.05) is 0 Å². The summed E-state index contributed by atoms with van der Waals surface area (Å²) < 4.78 is 15.0. The number of carbonyl (C=O) groups excluding carboxylic acids is 1. The van der Waals surface area contributed by atoms with Gasteiger partial charge in [0.2, 0.25) is 5.91 Å². The third kappa shape index (κ3) is 4.97. The quantitative estimate of drug-likeness (QED) is 0.661.